The molecule has 0 aliphatic heterocycles. The van der Waals surface area contributed by atoms with Crippen molar-refractivity contribution in [2.75, 3.05) is 46.6 Å². The van der Waals surface area contributed by atoms with Crippen LogP contribution in [0.5, 0.6) is 5.75 Å². The molecule has 8 nitrogen and oxygen atoms in total. The van der Waals surface area contributed by atoms with Crippen molar-refractivity contribution < 1.29 is 34.0 Å². The predicted molar refractivity (Wildman–Crippen MR) is 87.4 cm³/mol. The first-order valence-corrected chi connectivity index (χ1v) is 7.49. The molecule has 3 N–H and O–H groups in total. The number of hydrogen-bond donors (Lipinski definition) is 3. The molecule has 0 amide bonds. The highest BCUT2D eigenvalue weighted by molar-refractivity contribution is 6.27. The Morgan fingerprint density at radius 2 is 1.62 bits per heavy atom. The summed E-state index contributed by atoms with van der Waals surface area (Å²) in [5, 5.41) is 18.1. The van der Waals surface area contributed by atoms with Gasteiger partial charge in [0.05, 0.1) is 13.2 Å². The van der Waals surface area contributed by atoms with E-state index in [0.717, 1.165) is 31.9 Å². The summed E-state index contributed by atoms with van der Waals surface area (Å²) in [6.45, 7) is 4.57. The number of nitrogens with one attached hydrogen (secondary N) is 1. The van der Waals surface area contributed by atoms with Crippen molar-refractivity contribution in [2.24, 2.45) is 0 Å². The van der Waals surface area contributed by atoms with Crippen LogP contribution >= 0.6 is 0 Å². The first-order valence-electron chi connectivity index (χ1n) is 7.49. The molecule has 0 atom stereocenters. The Bertz CT molecular complexity index is 427. The molecule has 0 fully saturated rings. The van der Waals surface area contributed by atoms with E-state index in [1.807, 2.05) is 30.3 Å². The number of carboxylic acid groups (broad SMARTS) is 2. The number of para-hydroxylation sites is 1. The van der Waals surface area contributed by atoms with Gasteiger partial charge in [0.15, 0.2) is 0 Å². The lowest BCUT2D eigenvalue weighted by molar-refractivity contribution is -0.159. The molecule has 8 heteroatoms. The fourth-order valence-electron chi connectivity index (χ4n) is 1.45. The van der Waals surface area contributed by atoms with Gasteiger partial charge in [0, 0.05) is 20.3 Å². The van der Waals surface area contributed by atoms with Crippen molar-refractivity contribution in [3.8, 4) is 5.75 Å². The van der Waals surface area contributed by atoms with Crippen LogP contribution in [0, 0.1) is 0 Å². The first kappa shape index (κ1) is 21.8. The summed E-state index contributed by atoms with van der Waals surface area (Å²) in [6, 6.07) is 9.77. The summed E-state index contributed by atoms with van der Waals surface area (Å²) in [6.07, 6.45) is 1.04. The second-order valence-electron chi connectivity index (χ2n) is 4.48. The Labute approximate surface area is 141 Å². The van der Waals surface area contributed by atoms with E-state index in [2.05, 4.69) is 5.32 Å². The van der Waals surface area contributed by atoms with Crippen LogP contribution < -0.4 is 10.1 Å². The van der Waals surface area contributed by atoms with Gasteiger partial charge in [-0.2, -0.15) is 0 Å². The molecular weight excluding hydrogens is 318 g/mol. The van der Waals surface area contributed by atoms with Gasteiger partial charge in [0.1, 0.15) is 12.4 Å². The molecular formula is C16H25NO7. The van der Waals surface area contributed by atoms with Crippen LogP contribution in [0.25, 0.3) is 0 Å². The van der Waals surface area contributed by atoms with Crippen molar-refractivity contribution in [3.05, 3.63) is 30.3 Å². The number of methoxy groups -OCH3 is 1. The van der Waals surface area contributed by atoms with Crippen molar-refractivity contribution in [2.45, 2.75) is 6.42 Å². The van der Waals surface area contributed by atoms with Crippen LogP contribution in [-0.2, 0) is 19.1 Å². The number of ether oxygens (including phenoxy) is 3. The predicted octanol–water partition coefficient (Wildman–Crippen LogP) is 0.864. The highest BCUT2D eigenvalue weighted by Crippen LogP contribution is 2.07. The van der Waals surface area contributed by atoms with E-state index in [1.165, 1.54) is 0 Å². The summed E-state index contributed by atoms with van der Waals surface area (Å²) in [5.74, 6) is -2.76. The van der Waals surface area contributed by atoms with E-state index >= 15 is 0 Å². The van der Waals surface area contributed by atoms with Gasteiger partial charge in [-0.1, -0.05) is 18.2 Å². The lowest BCUT2D eigenvalue weighted by Gasteiger charge is -2.07. The van der Waals surface area contributed by atoms with Crippen LogP contribution in [0.2, 0.25) is 0 Å². The van der Waals surface area contributed by atoms with Crippen molar-refractivity contribution in [3.63, 3.8) is 0 Å². The average Bonchev–Trinajstić information content (AvgIpc) is 2.58. The van der Waals surface area contributed by atoms with Gasteiger partial charge in [-0.3, -0.25) is 0 Å². The largest absolute Gasteiger partial charge is 0.491 e. The Morgan fingerprint density at radius 1 is 0.958 bits per heavy atom. The number of aliphatic carboxylic acids is 2. The fourth-order valence-corrected chi connectivity index (χ4v) is 1.45. The number of benzene rings is 1. The van der Waals surface area contributed by atoms with E-state index < -0.39 is 11.9 Å². The van der Waals surface area contributed by atoms with Crippen LogP contribution in [0.1, 0.15) is 6.42 Å². The monoisotopic (exact) mass is 343 g/mol. The minimum absolute atomic E-state index is 0.591. The highest BCUT2D eigenvalue weighted by Gasteiger charge is 2.04. The number of rotatable bonds is 11. The Kier molecular flexibility index (Phi) is 14.3. The van der Waals surface area contributed by atoms with Crippen LogP contribution in [0.15, 0.2) is 30.3 Å². The third kappa shape index (κ3) is 14.8. The van der Waals surface area contributed by atoms with E-state index in [-0.39, 0.29) is 0 Å². The normalized spacial score (nSPS) is 9.71. The van der Waals surface area contributed by atoms with Crippen LogP contribution in [0.3, 0.4) is 0 Å². The molecule has 1 rings (SSSR count). The van der Waals surface area contributed by atoms with Crippen LogP contribution in [0.4, 0.5) is 0 Å². The summed E-state index contributed by atoms with van der Waals surface area (Å²) in [4.78, 5) is 18.2. The zero-order chi connectivity index (χ0) is 18.0. The molecule has 0 aliphatic rings. The lowest BCUT2D eigenvalue weighted by Crippen LogP contribution is -2.22. The topological polar surface area (TPSA) is 114 Å². The molecule has 1 aromatic carbocycles. The highest BCUT2D eigenvalue weighted by atomic mass is 16.5. The first-order chi connectivity index (χ1) is 11.6. The van der Waals surface area contributed by atoms with Crippen LogP contribution in [-0.4, -0.2) is 68.8 Å². The maximum atomic E-state index is 9.10. The summed E-state index contributed by atoms with van der Waals surface area (Å²) < 4.78 is 15.9. The Hall–Kier alpha value is -2.16. The minimum Gasteiger partial charge on any atom is -0.491 e. The zero-order valence-corrected chi connectivity index (χ0v) is 13.8. The molecule has 0 saturated carbocycles. The van der Waals surface area contributed by atoms with E-state index in [0.29, 0.717) is 19.8 Å². The molecule has 0 saturated heterocycles. The maximum absolute atomic E-state index is 9.10. The SMILES string of the molecule is COCCCNCCOCCOc1ccccc1.O=C(O)C(=O)O. The van der Waals surface area contributed by atoms with Gasteiger partial charge in [-0.05, 0) is 25.1 Å². The average molecular weight is 343 g/mol. The number of carboxylic acids is 2. The van der Waals surface area contributed by atoms with Gasteiger partial charge in [0.25, 0.3) is 0 Å². The van der Waals surface area contributed by atoms with E-state index in [4.69, 9.17) is 34.0 Å². The van der Waals surface area contributed by atoms with Crippen molar-refractivity contribution in [1.29, 1.82) is 0 Å². The van der Waals surface area contributed by atoms with E-state index in [9.17, 15) is 0 Å². The van der Waals surface area contributed by atoms with Gasteiger partial charge in [-0.25, -0.2) is 9.59 Å². The van der Waals surface area contributed by atoms with Crippen molar-refractivity contribution in [1.82, 2.24) is 5.32 Å². The molecule has 1 aromatic rings. The lowest BCUT2D eigenvalue weighted by atomic mass is 10.3. The Balaban J connectivity index is 0.000000754. The summed E-state index contributed by atoms with van der Waals surface area (Å²) in [7, 11) is 1.72. The zero-order valence-electron chi connectivity index (χ0n) is 13.8. The third-order valence-electron chi connectivity index (χ3n) is 2.55. The molecule has 136 valence electrons. The third-order valence-corrected chi connectivity index (χ3v) is 2.55. The fraction of sp³-hybridized carbons (Fsp3) is 0.500. The quantitative estimate of drug-likeness (QED) is 0.400. The molecule has 0 unspecified atom stereocenters. The molecule has 0 bridgehead atoms. The molecule has 24 heavy (non-hydrogen) atoms. The summed E-state index contributed by atoms with van der Waals surface area (Å²) >= 11 is 0. The van der Waals surface area contributed by atoms with Gasteiger partial charge >= 0.3 is 11.9 Å². The smallest absolute Gasteiger partial charge is 0.414 e. The second-order valence-corrected chi connectivity index (χ2v) is 4.48. The van der Waals surface area contributed by atoms with Gasteiger partial charge in [0.2, 0.25) is 0 Å². The van der Waals surface area contributed by atoms with E-state index in [1.54, 1.807) is 7.11 Å². The van der Waals surface area contributed by atoms with Gasteiger partial charge in [-0.15, -0.1) is 0 Å². The second kappa shape index (κ2) is 15.7. The van der Waals surface area contributed by atoms with Gasteiger partial charge < -0.3 is 29.7 Å². The summed E-state index contributed by atoms with van der Waals surface area (Å²) in [5.41, 5.74) is 0. The molecule has 0 aliphatic carbocycles. The molecule has 0 aromatic heterocycles. The molecule has 0 heterocycles. The number of carbonyl (C=O) groups is 2. The molecule has 0 radical (unpaired) electrons. The number of hydrogen-bond acceptors (Lipinski definition) is 6. The standard InChI is InChI=1S/C14H23NO3.C2H2O4/c1-16-10-5-8-15-9-11-17-12-13-18-14-6-3-2-4-7-14;3-1(4)2(5)6/h2-4,6-7,15H,5,8-13H2,1H3;(H,3,4)(H,5,6). The minimum atomic E-state index is -1.82. The molecule has 0 spiro atoms. The van der Waals surface area contributed by atoms with Crippen molar-refractivity contribution >= 4 is 11.9 Å². The maximum Gasteiger partial charge on any atom is 0.414 e. The Morgan fingerprint density at radius 3 is 2.21 bits per heavy atom.